The molecule has 0 amide bonds. The van der Waals surface area contributed by atoms with Crippen molar-refractivity contribution in [1.82, 2.24) is 3.97 Å². The molecule has 0 spiro atoms. The lowest BCUT2D eigenvalue weighted by atomic mass is 10.0. The van der Waals surface area contributed by atoms with E-state index in [0.717, 1.165) is 15.1 Å². The Morgan fingerprint density at radius 1 is 1.11 bits per heavy atom. The van der Waals surface area contributed by atoms with Crippen molar-refractivity contribution in [1.29, 1.82) is 0 Å². The largest absolute Gasteiger partial charge is 0.469 e. The van der Waals surface area contributed by atoms with Gasteiger partial charge < -0.3 is 4.74 Å². The number of esters is 1. The lowest BCUT2D eigenvalue weighted by Gasteiger charge is -2.13. The van der Waals surface area contributed by atoms with Gasteiger partial charge >= 0.3 is 5.97 Å². The zero-order valence-corrected chi connectivity index (χ0v) is 23.1. The number of thiophene rings is 2. The number of ether oxygens (including phenoxy) is 1. The van der Waals surface area contributed by atoms with Crippen molar-refractivity contribution in [3.63, 3.8) is 0 Å². The zero-order valence-electron chi connectivity index (χ0n) is 19.9. The Hall–Kier alpha value is -3.42. The summed E-state index contributed by atoms with van der Waals surface area (Å²) in [5.74, 6) is -0.361. The van der Waals surface area contributed by atoms with Gasteiger partial charge in [0.1, 0.15) is 0 Å². The summed E-state index contributed by atoms with van der Waals surface area (Å²) in [5.41, 5.74) is 2.40. The van der Waals surface area contributed by atoms with Crippen LogP contribution in [-0.4, -0.2) is 25.5 Å². The first-order chi connectivity index (χ1) is 18.3. The number of hydrogen-bond donors (Lipinski definition) is 0. The second kappa shape index (κ2) is 9.40. The average Bonchev–Trinajstić information content (AvgIpc) is 3.24. The van der Waals surface area contributed by atoms with Crippen LogP contribution in [0, 0.1) is 12.5 Å². The Balaban J connectivity index is 1.64. The van der Waals surface area contributed by atoms with Crippen molar-refractivity contribution >= 4 is 66.2 Å². The van der Waals surface area contributed by atoms with Crippen molar-refractivity contribution in [2.45, 2.75) is 17.2 Å². The maximum absolute atomic E-state index is 14.2. The smallest absolute Gasteiger partial charge is 0.309 e. The minimum atomic E-state index is -4.06. The van der Waals surface area contributed by atoms with Gasteiger partial charge in [-0.25, -0.2) is 17.2 Å². The fourth-order valence-corrected chi connectivity index (χ4v) is 8.48. The Morgan fingerprint density at radius 3 is 2.61 bits per heavy atom. The third kappa shape index (κ3) is 3.96. The topological polar surface area (TPSA) is 69.7 Å². The summed E-state index contributed by atoms with van der Waals surface area (Å²) >= 11 is 8.85. The van der Waals surface area contributed by atoms with Gasteiger partial charge in [0.2, 0.25) is 5.00 Å². The van der Waals surface area contributed by atoms with Crippen LogP contribution in [0.1, 0.15) is 17.2 Å². The number of nitrogens with zero attached hydrogens (tertiary/aromatic N) is 2. The molecule has 0 aliphatic heterocycles. The Bertz CT molecular complexity index is 1860. The van der Waals surface area contributed by atoms with Gasteiger partial charge in [0.25, 0.3) is 10.0 Å². The molecule has 38 heavy (non-hydrogen) atoms. The molecule has 0 bridgehead atoms. The predicted molar refractivity (Wildman–Crippen MR) is 152 cm³/mol. The monoisotopic (exact) mass is 578 g/mol. The van der Waals surface area contributed by atoms with E-state index in [1.54, 1.807) is 24.3 Å². The summed E-state index contributed by atoms with van der Waals surface area (Å²) in [4.78, 5) is 17.6. The lowest BCUT2D eigenvalue weighted by Crippen LogP contribution is -2.14. The highest BCUT2D eigenvalue weighted by Crippen LogP contribution is 2.53. The molecule has 0 saturated heterocycles. The quantitative estimate of drug-likeness (QED) is 0.152. The maximum Gasteiger partial charge on any atom is 0.309 e. The van der Waals surface area contributed by atoms with E-state index in [-0.39, 0.29) is 22.7 Å². The van der Waals surface area contributed by atoms with Crippen LogP contribution in [-0.2, 0) is 19.6 Å². The third-order valence-corrected chi connectivity index (χ3v) is 10.7. The number of aromatic nitrogens is 1. The normalized spacial score (nSPS) is 16.9. The number of carbonyl (C=O) groups is 1. The van der Waals surface area contributed by atoms with Crippen molar-refractivity contribution < 1.29 is 17.9 Å². The van der Waals surface area contributed by atoms with Gasteiger partial charge in [0.05, 0.1) is 40.6 Å². The average molecular weight is 579 g/mol. The summed E-state index contributed by atoms with van der Waals surface area (Å²) in [6.45, 7) is 7.72. The van der Waals surface area contributed by atoms with E-state index < -0.39 is 10.0 Å². The molecule has 3 heterocycles. The van der Waals surface area contributed by atoms with Crippen LogP contribution in [0.25, 0.3) is 37.4 Å². The zero-order chi connectivity index (χ0) is 26.6. The number of benzene rings is 2. The van der Waals surface area contributed by atoms with Gasteiger partial charge in [0, 0.05) is 32.3 Å². The molecule has 2 aromatic carbocycles. The molecule has 6 rings (SSSR count). The number of para-hydroxylation sites is 1. The summed E-state index contributed by atoms with van der Waals surface area (Å²) in [5, 5.41) is 3.51. The molecule has 0 radical (unpaired) electrons. The molecule has 5 aromatic rings. The third-order valence-electron chi connectivity index (χ3n) is 6.72. The van der Waals surface area contributed by atoms with Crippen molar-refractivity contribution in [2.75, 3.05) is 7.11 Å². The second-order valence-electron chi connectivity index (χ2n) is 8.89. The fraction of sp³-hybridized carbons (Fsp3) is 0.143. The van der Waals surface area contributed by atoms with E-state index >= 15 is 0 Å². The molecule has 190 valence electrons. The molecule has 1 saturated carbocycles. The number of carbonyl (C=O) groups excluding carboxylic acids is 1. The highest BCUT2D eigenvalue weighted by atomic mass is 35.5. The molecule has 0 N–H and O–H groups in total. The number of hydrogen-bond acceptors (Lipinski definition) is 6. The Labute approximate surface area is 232 Å². The second-order valence-corrected chi connectivity index (χ2v) is 13.1. The van der Waals surface area contributed by atoms with Crippen LogP contribution in [0.2, 0.25) is 5.02 Å². The van der Waals surface area contributed by atoms with Crippen LogP contribution in [0.15, 0.2) is 77.0 Å². The molecule has 3 aromatic heterocycles. The first-order valence-corrected chi connectivity index (χ1v) is 15.1. The lowest BCUT2D eigenvalue weighted by molar-refractivity contribution is -0.142. The fourth-order valence-electron chi connectivity index (χ4n) is 4.85. The Morgan fingerprint density at radius 2 is 1.87 bits per heavy atom. The Kier molecular flexibility index (Phi) is 6.16. The maximum atomic E-state index is 14.2. The molecule has 1 aliphatic carbocycles. The number of fused-ring (bicyclic) bond motifs is 1. The van der Waals surface area contributed by atoms with Gasteiger partial charge in [0.15, 0.2) is 0 Å². The number of rotatable bonds is 6. The molecule has 1 fully saturated rings. The van der Waals surface area contributed by atoms with Crippen LogP contribution in [0.5, 0.6) is 0 Å². The summed E-state index contributed by atoms with van der Waals surface area (Å²) < 4.78 is 34.8. The van der Waals surface area contributed by atoms with Gasteiger partial charge in [-0.3, -0.25) is 4.79 Å². The van der Waals surface area contributed by atoms with Crippen LogP contribution < -0.4 is 0 Å². The SMILES string of the molecule is [C-]#[N+]c1sccc1-c1c(-c2ccc(C3CC3C(=O)OC)s2)n(S(=O)(=O)c2ccc(Cl)cc2)c2ccccc12. The molecule has 6 nitrogen and oxygen atoms in total. The van der Waals surface area contributed by atoms with Gasteiger partial charge in [-0.2, -0.15) is 11.3 Å². The minimum Gasteiger partial charge on any atom is -0.469 e. The van der Waals surface area contributed by atoms with Gasteiger partial charge in [-0.05, 0) is 54.3 Å². The van der Waals surface area contributed by atoms with E-state index in [4.69, 9.17) is 22.9 Å². The van der Waals surface area contributed by atoms with E-state index in [2.05, 4.69) is 4.85 Å². The molecular formula is C28H19ClN2O4S3. The standard InChI is InChI=1S/C28H19ClN2O4S3/c1-30-27-19(13-14-36-27)25-18-5-3-4-6-22(18)31(38(33,34)17-9-7-16(29)8-10-17)26(25)24-12-11-23(37-24)20-15-21(20)28(32)35-2/h3-14,20-21H,15H2,2H3. The summed E-state index contributed by atoms with van der Waals surface area (Å²) in [6, 6.07) is 19.2. The van der Waals surface area contributed by atoms with Gasteiger partial charge in [-0.15, -0.1) is 11.3 Å². The number of halogens is 1. The summed E-state index contributed by atoms with van der Waals surface area (Å²) in [7, 11) is -2.67. The van der Waals surface area contributed by atoms with Crippen molar-refractivity contribution in [2.24, 2.45) is 5.92 Å². The van der Waals surface area contributed by atoms with Crippen LogP contribution in [0.4, 0.5) is 5.00 Å². The number of methoxy groups -OCH3 is 1. The van der Waals surface area contributed by atoms with E-state index in [0.29, 0.717) is 38.8 Å². The first kappa shape index (κ1) is 24.9. The highest BCUT2D eigenvalue weighted by Gasteiger charge is 2.46. The minimum absolute atomic E-state index is 0.0512. The predicted octanol–water partition coefficient (Wildman–Crippen LogP) is 7.82. The molecule has 1 aliphatic rings. The molecule has 2 unspecified atom stereocenters. The molecular weight excluding hydrogens is 560 g/mol. The van der Waals surface area contributed by atoms with Crippen LogP contribution >= 0.6 is 34.3 Å². The van der Waals surface area contributed by atoms with Crippen LogP contribution in [0.3, 0.4) is 0 Å². The van der Waals surface area contributed by atoms with E-state index in [1.165, 1.54) is 45.9 Å². The van der Waals surface area contributed by atoms with Crippen molar-refractivity contribution in [3.05, 3.63) is 93.4 Å². The molecule has 10 heteroatoms. The van der Waals surface area contributed by atoms with E-state index in [9.17, 15) is 13.2 Å². The van der Waals surface area contributed by atoms with Crippen molar-refractivity contribution in [3.8, 4) is 21.7 Å². The highest BCUT2D eigenvalue weighted by molar-refractivity contribution is 7.90. The van der Waals surface area contributed by atoms with Gasteiger partial charge in [-0.1, -0.05) is 35.9 Å². The summed E-state index contributed by atoms with van der Waals surface area (Å²) in [6.07, 6.45) is 0.706. The first-order valence-electron chi connectivity index (χ1n) is 11.6. The molecule has 2 atom stereocenters. The van der Waals surface area contributed by atoms with E-state index in [1.807, 2.05) is 35.7 Å².